The molecule has 0 amide bonds. The van der Waals surface area contributed by atoms with Crippen molar-refractivity contribution < 1.29 is 0 Å². The molecule has 0 aliphatic rings. The van der Waals surface area contributed by atoms with E-state index in [0.29, 0.717) is 0 Å². The third-order valence-electron chi connectivity index (χ3n) is 1.45. The first-order valence-corrected chi connectivity index (χ1v) is 16.4. The van der Waals surface area contributed by atoms with Gasteiger partial charge in [-0.25, -0.2) is 0 Å². The fourth-order valence-electron chi connectivity index (χ4n) is 0.899. The summed E-state index contributed by atoms with van der Waals surface area (Å²) in [5, 5.41) is 0. The Morgan fingerprint density at radius 2 is 2.00 bits per heavy atom. The minimum absolute atomic E-state index is 0.388. The first-order valence-electron chi connectivity index (χ1n) is 3.56. The molecule has 3 heteroatoms. The van der Waals surface area contributed by atoms with E-state index in [2.05, 4.69) is 51.2 Å². The van der Waals surface area contributed by atoms with Crippen LogP contribution < -0.4 is 3.13 Å². The van der Waals surface area contributed by atoms with E-state index < -0.39 is 0 Å². The van der Waals surface area contributed by atoms with Crippen LogP contribution in [0.4, 0.5) is 0 Å². The van der Waals surface area contributed by atoms with Crippen LogP contribution in [0.25, 0.3) is 0 Å². The number of benzene rings is 1. The number of hydrogen-bond acceptors (Lipinski definition) is 1. The minimum atomic E-state index is -0.388. The second-order valence-corrected chi connectivity index (χ2v) is 9.10. The molecule has 1 rings (SSSR count). The van der Waals surface area contributed by atoms with Crippen LogP contribution in [0.1, 0.15) is 5.56 Å². The normalized spacial score (nSPS) is 9.91. The average molecular weight is 454 g/mol. The van der Waals surface area contributed by atoms with E-state index in [1.807, 2.05) is 0 Å². The molecule has 11 heavy (non-hydrogen) atoms. The summed E-state index contributed by atoms with van der Waals surface area (Å²) in [7, 11) is 0. The van der Waals surface area contributed by atoms with Gasteiger partial charge in [-0.1, -0.05) is 0 Å². The molecule has 0 bridgehead atoms. The van der Waals surface area contributed by atoms with Crippen molar-refractivity contribution >= 4 is 38.0 Å². The van der Waals surface area contributed by atoms with E-state index in [1.165, 1.54) is 12.0 Å². The van der Waals surface area contributed by atoms with Crippen molar-refractivity contribution in [1.82, 2.24) is 3.13 Å². The van der Waals surface area contributed by atoms with Crippen LogP contribution in [-0.4, -0.2) is 26.8 Å². The van der Waals surface area contributed by atoms with Gasteiger partial charge in [0.2, 0.25) is 0 Å². The molecule has 58 valence electrons. The van der Waals surface area contributed by atoms with Crippen LogP contribution in [0, 0.1) is 0 Å². The predicted octanol–water partition coefficient (Wildman–Crippen LogP) is 1.79. The number of hydrogen-bond donors (Lipinski definition) is 1. The van der Waals surface area contributed by atoms with Crippen molar-refractivity contribution in [2.24, 2.45) is 0 Å². The van der Waals surface area contributed by atoms with E-state index in [1.54, 1.807) is 0 Å². The third kappa shape index (κ3) is 4.42. The van der Waals surface area contributed by atoms with Crippen LogP contribution in [0.3, 0.4) is 0 Å². The van der Waals surface area contributed by atoms with E-state index in [9.17, 15) is 0 Å². The molecule has 0 atom stereocenters. The maximum atomic E-state index is 3.48. The van der Waals surface area contributed by atoms with Gasteiger partial charge >= 0.3 is 90.0 Å². The van der Waals surface area contributed by atoms with Gasteiger partial charge in [-0.15, -0.1) is 0 Å². The Balaban J connectivity index is 2.28. The Morgan fingerprint density at radius 3 is 2.64 bits per heavy atom. The molecule has 0 aliphatic carbocycles. The Bertz CT molecular complexity index is 191. The molecule has 0 aromatic heterocycles. The molecule has 0 spiro atoms. The summed E-state index contributed by atoms with van der Waals surface area (Å²) in [5.74, 6) is 0. The van der Waals surface area contributed by atoms with Crippen molar-refractivity contribution in [1.29, 1.82) is 0 Å². The standard InChI is InChI=1S/C8H10N.HI.Pb/c9-7-6-8-4-2-1-3-5-8;;/h1-5,9H,6-7H2;1H;/q-1;;+2/p-1. The molecule has 1 N–H and O–H groups in total. The van der Waals surface area contributed by atoms with Gasteiger partial charge in [0.1, 0.15) is 0 Å². The summed E-state index contributed by atoms with van der Waals surface area (Å²) in [6.07, 6.45) is 1.18. The molecule has 0 aliphatic heterocycles. The van der Waals surface area contributed by atoms with Crippen molar-refractivity contribution in [3.05, 3.63) is 35.9 Å². The molecule has 1 nitrogen and oxygen atoms in total. The van der Waals surface area contributed by atoms with E-state index in [4.69, 9.17) is 0 Å². The maximum absolute atomic E-state index is 3.48. The molecular weight excluding hydrogens is 444 g/mol. The third-order valence-corrected chi connectivity index (χ3v) is 6.29. The van der Waals surface area contributed by atoms with Gasteiger partial charge in [0.15, 0.2) is 0 Å². The van der Waals surface area contributed by atoms with Crippen LogP contribution in [0.15, 0.2) is 30.3 Å². The van der Waals surface area contributed by atoms with Gasteiger partial charge < -0.3 is 0 Å². The van der Waals surface area contributed by atoms with Crippen LogP contribution in [0.5, 0.6) is 0 Å². The SMILES string of the molecule is [I][Pb][NH]CCc1ccccc1. The molecule has 1 aromatic carbocycles. The average Bonchev–Trinajstić information content (AvgIpc) is 2.07. The van der Waals surface area contributed by atoms with Gasteiger partial charge in [0.05, 0.1) is 0 Å². The van der Waals surface area contributed by atoms with E-state index >= 15 is 0 Å². The molecule has 0 unspecified atom stereocenters. The molecule has 0 saturated heterocycles. The molecule has 1 aromatic rings. The van der Waals surface area contributed by atoms with E-state index in [-0.39, 0.29) is 20.2 Å². The topological polar surface area (TPSA) is 12.0 Å². The van der Waals surface area contributed by atoms with Crippen molar-refractivity contribution in [2.45, 2.75) is 6.42 Å². The second kappa shape index (κ2) is 6.36. The number of rotatable bonds is 4. The quantitative estimate of drug-likeness (QED) is 0.416. The van der Waals surface area contributed by atoms with Gasteiger partial charge in [0, 0.05) is 0 Å². The summed E-state index contributed by atoms with van der Waals surface area (Å²) in [6.45, 7) is 1.16. The van der Waals surface area contributed by atoms with Gasteiger partial charge in [0.25, 0.3) is 0 Å². The number of halogens is 1. The molecule has 0 heterocycles. The van der Waals surface area contributed by atoms with E-state index in [0.717, 1.165) is 6.54 Å². The summed E-state index contributed by atoms with van der Waals surface area (Å²) < 4.78 is 3.48. The zero-order valence-corrected chi connectivity index (χ0v) is 12.2. The zero-order chi connectivity index (χ0) is 7.94. The van der Waals surface area contributed by atoms with Crippen LogP contribution >= 0.6 is 17.8 Å². The zero-order valence-electron chi connectivity index (χ0n) is 6.18. The van der Waals surface area contributed by atoms with Crippen LogP contribution in [-0.2, 0) is 6.42 Å². The summed E-state index contributed by atoms with van der Waals surface area (Å²) in [6, 6.07) is 10.6. The monoisotopic (exact) mass is 455 g/mol. The first-order chi connectivity index (χ1) is 5.43. The van der Waals surface area contributed by atoms with Crippen molar-refractivity contribution in [3.8, 4) is 0 Å². The Kier molecular flexibility index (Phi) is 5.73. The van der Waals surface area contributed by atoms with Gasteiger partial charge in [-0.2, -0.15) is 0 Å². The number of nitrogens with one attached hydrogen (secondary N) is 1. The van der Waals surface area contributed by atoms with Gasteiger partial charge in [-0.05, 0) is 0 Å². The van der Waals surface area contributed by atoms with Crippen molar-refractivity contribution in [3.63, 3.8) is 0 Å². The molecule has 0 fully saturated rings. The fourth-order valence-corrected chi connectivity index (χ4v) is 4.12. The summed E-state index contributed by atoms with van der Waals surface area (Å²) in [4.78, 5) is 0. The fraction of sp³-hybridized carbons (Fsp3) is 0.250. The van der Waals surface area contributed by atoms with Gasteiger partial charge in [-0.3, -0.25) is 0 Å². The first kappa shape index (κ1) is 9.92. The Hall–Kier alpha value is 0.832. The molecule has 0 saturated carbocycles. The molecular formula is C8H10INPb. The Labute approximate surface area is 89.0 Å². The predicted molar refractivity (Wildman–Crippen MR) is 57.9 cm³/mol. The van der Waals surface area contributed by atoms with Crippen molar-refractivity contribution in [2.75, 3.05) is 6.54 Å². The second-order valence-electron chi connectivity index (χ2n) is 2.26. The van der Waals surface area contributed by atoms with Crippen LogP contribution in [0.2, 0.25) is 0 Å². The summed E-state index contributed by atoms with van der Waals surface area (Å²) >= 11 is 2.13. The Morgan fingerprint density at radius 1 is 1.27 bits per heavy atom. The molecule has 2 radical (unpaired) electrons. The summed E-state index contributed by atoms with van der Waals surface area (Å²) in [5.41, 5.74) is 1.44.